The Morgan fingerprint density at radius 2 is 1.88 bits per heavy atom. The number of nitrogens with zero attached hydrogens (tertiary/aromatic N) is 3. The van der Waals surface area contributed by atoms with Gasteiger partial charge in [-0.1, -0.05) is 37.3 Å². The third-order valence-electron chi connectivity index (χ3n) is 5.86. The van der Waals surface area contributed by atoms with Crippen LogP contribution in [0.4, 0.5) is 0 Å². The fraction of sp³-hybridized carbons (Fsp3) is 0.550. The molecule has 132 valence electrons. The van der Waals surface area contributed by atoms with Crippen LogP contribution >= 0.6 is 0 Å². The quantitative estimate of drug-likeness (QED) is 0.845. The van der Waals surface area contributed by atoms with Gasteiger partial charge in [-0.3, -0.25) is 9.78 Å². The number of likely N-dealkylation sites (tertiary alicyclic amines) is 1. The Kier molecular flexibility index (Phi) is 4.55. The van der Waals surface area contributed by atoms with Crippen molar-refractivity contribution in [2.24, 2.45) is 11.8 Å². The summed E-state index contributed by atoms with van der Waals surface area (Å²) in [7, 11) is 0. The summed E-state index contributed by atoms with van der Waals surface area (Å²) in [5, 5.41) is 4.14. The van der Waals surface area contributed by atoms with E-state index in [1.54, 1.807) is 12.4 Å². The molecule has 5 nitrogen and oxygen atoms in total. The first kappa shape index (κ1) is 16.3. The van der Waals surface area contributed by atoms with Crippen LogP contribution in [0.15, 0.2) is 29.0 Å². The van der Waals surface area contributed by atoms with Crippen molar-refractivity contribution in [1.82, 2.24) is 15.0 Å². The zero-order valence-electron chi connectivity index (χ0n) is 14.8. The summed E-state index contributed by atoms with van der Waals surface area (Å²) in [6.07, 6.45) is 11.3. The summed E-state index contributed by atoms with van der Waals surface area (Å²) >= 11 is 0. The largest absolute Gasteiger partial charge is 0.360 e. The second-order valence-electron chi connectivity index (χ2n) is 7.40. The van der Waals surface area contributed by atoms with Gasteiger partial charge in [0.15, 0.2) is 0 Å². The fourth-order valence-electron chi connectivity index (χ4n) is 4.45. The maximum Gasteiger partial charge on any atom is 0.259 e. The number of amides is 1. The van der Waals surface area contributed by atoms with Crippen LogP contribution in [0.1, 0.15) is 54.6 Å². The molecule has 0 spiro atoms. The number of pyridine rings is 1. The second kappa shape index (κ2) is 6.98. The second-order valence-corrected chi connectivity index (χ2v) is 7.40. The molecule has 1 amide bonds. The molecule has 1 atom stereocenters. The molecule has 25 heavy (non-hydrogen) atoms. The van der Waals surface area contributed by atoms with Crippen molar-refractivity contribution in [3.63, 3.8) is 0 Å². The number of rotatable bonds is 3. The monoisotopic (exact) mass is 339 g/mol. The summed E-state index contributed by atoms with van der Waals surface area (Å²) in [5.41, 5.74) is 2.11. The molecule has 2 fully saturated rings. The van der Waals surface area contributed by atoms with Gasteiger partial charge in [0.2, 0.25) is 0 Å². The van der Waals surface area contributed by atoms with Gasteiger partial charge < -0.3 is 9.42 Å². The van der Waals surface area contributed by atoms with Crippen molar-refractivity contribution in [3.8, 4) is 11.3 Å². The molecule has 0 radical (unpaired) electrons. The van der Waals surface area contributed by atoms with Crippen LogP contribution in [-0.2, 0) is 0 Å². The Bertz CT molecular complexity index is 735. The highest BCUT2D eigenvalue weighted by Gasteiger charge is 2.35. The van der Waals surface area contributed by atoms with Crippen LogP contribution < -0.4 is 0 Å². The first-order chi connectivity index (χ1) is 12.2. The summed E-state index contributed by atoms with van der Waals surface area (Å²) in [6.45, 7) is 3.55. The average molecular weight is 339 g/mol. The van der Waals surface area contributed by atoms with Gasteiger partial charge in [-0.2, -0.15) is 0 Å². The number of aromatic nitrogens is 2. The number of hydrogen-bond donors (Lipinski definition) is 0. The predicted molar refractivity (Wildman–Crippen MR) is 95.1 cm³/mol. The molecular weight excluding hydrogens is 314 g/mol. The topological polar surface area (TPSA) is 59.2 Å². The highest BCUT2D eigenvalue weighted by atomic mass is 16.5. The Hall–Kier alpha value is -2.17. The van der Waals surface area contributed by atoms with Gasteiger partial charge >= 0.3 is 0 Å². The van der Waals surface area contributed by atoms with Gasteiger partial charge in [0, 0.05) is 31.0 Å². The smallest absolute Gasteiger partial charge is 0.259 e. The van der Waals surface area contributed by atoms with Gasteiger partial charge in [-0.15, -0.1) is 0 Å². The lowest BCUT2D eigenvalue weighted by molar-refractivity contribution is 0.0778. The Morgan fingerprint density at radius 3 is 2.64 bits per heavy atom. The minimum Gasteiger partial charge on any atom is -0.360 e. The molecule has 2 aromatic heterocycles. The SMILES string of the molecule is Cc1onc(-c2ccncc2)c1C(=O)N1CCC(C2CCCCC2)C1. The number of carbonyl (C=O) groups excluding carboxylic acids is 1. The van der Waals surface area contributed by atoms with Crippen LogP contribution in [0.3, 0.4) is 0 Å². The molecule has 0 N–H and O–H groups in total. The first-order valence-corrected chi connectivity index (χ1v) is 9.40. The van der Waals surface area contributed by atoms with Crippen LogP contribution in [0, 0.1) is 18.8 Å². The van der Waals surface area contributed by atoms with Crippen LogP contribution in [-0.4, -0.2) is 34.0 Å². The predicted octanol–water partition coefficient (Wildman–Crippen LogP) is 4.09. The van der Waals surface area contributed by atoms with Crippen LogP contribution in [0.2, 0.25) is 0 Å². The molecule has 0 aromatic carbocycles. The lowest BCUT2D eigenvalue weighted by atomic mass is 9.80. The molecule has 1 saturated heterocycles. The van der Waals surface area contributed by atoms with E-state index in [-0.39, 0.29) is 5.91 Å². The molecule has 1 unspecified atom stereocenters. The van der Waals surface area contributed by atoms with Gasteiger partial charge in [0.05, 0.1) is 0 Å². The third kappa shape index (κ3) is 3.20. The minimum absolute atomic E-state index is 0.0591. The number of aryl methyl sites for hydroxylation is 1. The van der Waals surface area contributed by atoms with E-state index in [0.29, 0.717) is 22.9 Å². The lowest BCUT2D eigenvalue weighted by Crippen LogP contribution is -2.30. The van der Waals surface area contributed by atoms with Crippen molar-refractivity contribution >= 4 is 5.91 Å². The maximum atomic E-state index is 13.2. The average Bonchev–Trinajstić information content (AvgIpc) is 3.30. The summed E-state index contributed by atoms with van der Waals surface area (Å²) < 4.78 is 5.36. The Labute approximate surface area is 148 Å². The molecule has 0 bridgehead atoms. The standard InChI is InChI=1S/C20H25N3O2/c1-14-18(19(22-25-14)16-7-10-21-11-8-16)20(24)23-12-9-17(13-23)15-5-3-2-4-6-15/h7-8,10-11,15,17H,2-6,9,12-13H2,1H3. The lowest BCUT2D eigenvalue weighted by Gasteiger charge is -2.27. The Morgan fingerprint density at radius 1 is 1.12 bits per heavy atom. The first-order valence-electron chi connectivity index (χ1n) is 9.40. The van der Waals surface area contributed by atoms with E-state index < -0.39 is 0 Å². The zero-order chi connectivity index (χ0) is 17.2. The summed E-state index contributed by atoms with van der Waals surface area (Å²) in [6, 6.07) is 3.73. The molecule has 1 aliphatic heterocycles. The summed E-state index contributed by atoms with van der Waals surface area (Å²) in [5.74, 6) is 2.12. The molecule has 4 rings (SSSR count). The molecular formula is C20H25N3O2. The molecule has 5 heteroatoms. The van der Waals surface area contributed by atoms with Gasteiger partial charge in [-0.05, 0) is 37.3 Å². The minimum atomic E-state index is 0.0591. The van der Waals surface area contributed by atoms with Crippen molar-refractivity contribution in [3.05, 3.63) is 35.9 Å². The van der Waals surface area contributed by atoms with Gasteiger partial charge in [0.25, 0.3) is 5.91 Å². The summed E-state index contributed by atoms with van der Waals surface area (Å²) in [4.78, 5) is 19.2. The third-order valence-corrected chi connectivity index (χ3v) is 5.86. The van der Waals surface area contributed by atoms with E-state index in [0.717, 1.165) is 31.0 Å². The molecule has 1 aliphatic carbocycles. The van der Waals surface area contributed by atoms with E-state index in [9.17, 15) is 4.79 Å². The normalized spacial score (nSPS) is 21.6. The highest BCUT2D eigenvalue weighted by Crippen LogP contribution is 2.36. The van der Waals surface area contributed by atoms with Crippen molar-refractivity contribution < 1.29 is 9.32 Å². The van der Waals surface area contributed by atoms with Crippen molar-refractivity contribution in [2.75, 3.05) is 13.1 Å². The zero-order valence-corrected chi connectivity index (χ0v) is 14.8. The van der Waals surface area contributed by atoms with Crippen molar-refractivity contribution in [2.45, 2.75) is 45.4 Å². The molecule has 3 heterocycles. The maximum absolute atomic E-state index is 13.2. The van der Waals surface area contributed by atoms with Gasteiger partial charge in [-0.25, -0.2) is 0 Å². The van der Waals surface area contributed by atoms with E-state index in [2.05, 4.69) is 10.1 Å². The number of carbonyl (C=O) groups is 1. The van der Waals surface area contributed by atoms with E-state index in [4.69, 9.17) is 4.52 Å². The fourth-order valence-corrected chi connectivity index (χ4v) is 4.45. The Balaban J connectivity index is 1.53. The van der Waals surface area contributed by atoms with Gasteiger partial charge in [0.1, 0.15) is 17.0 Å². The molecule has 1 saturated carbocycles. The van der Waals surface area contributed by atoms with E-state index in [1.807, 2.05) is 24.0 Å². The van der Waals surface area contributed by atoms with Crippen LogP contribution in [0.25, 0.3) is 11.3 Å². The van der Waals surface area contributed by atoms with E-state index in [1.165, 1.54) is 32.1 Å². The van der Waals surface area contributed by atoms with Crippen LogP contribution in [0.5, 0.6) is 0 Å². The molecule has 2 aliphatic rings. The number of hydrogen-bond acceptors (Lipinski definition) is 4. The van der Waals surface area contributed by atoms with Crippen molar-refractivity contribution in [1.29, 1.82) is 0 Å². The highest BCUT2D eigenvalue weighted by molar-refractivity contribution is 6.00. The van der Waals surface area contributed by atoms with E-state index >= 15 is 0 Å². The molecule has 2 aromatic rings.